The van der Waals surface area contributed by atoms with Gasteiger partial charge in [0.25, 0.3) is 0 Å². The van der Waals surface area contributed by atoms with Gasteiger partial charge < -0.3 is 10.2 Å². The number of amides is 1. The first-order chi connectivity index (χ1) is 11.2. The lowest BCUT2D eigenvalue weighted by Crippen LogP contribution is -2.44. The lowest BCUT2D eigenvalue weighted by Gasteiger charge is -2.40. The Balaban J connectivity index is 1.92. The van der Waals surface area contributed by atoms with E-state index in [-0.39, 0.29) is 18.0 Å². The molecule has 2 aromatic carbocycles. The van der Waals surface area contributed by atoms with Crippen LogP contribution < -0.4 is 10.2 Å². The highest BCUT2D eigenvalue weighted by Crippen LogP contribution is 2.39. The Morgan fingerprint density at radius 3 is 2.57 bits per heavy atom. The molecule has 1 aliphatic rings. The molecule has 0 aromatic heterocycles. The van der Waals surface area contributed by atoms with E-state index in [0.29, 0.717) is 6.42 Å². The molecule has 0 bridgehead atoms. The molecule has 0 spiro atoms. The van der Waals surface area contributed by atoms with Crippen molar-refractivity contribution in [3.63, 3.8) is 0 Å². The van der Waals surface area contributed by atoms with Crippen molar-refractivity contribution < 1.29 is 4.79 Å². The fraction of sp³-hybridized carbons (Fsp3) is 0.350. The summed E-state index contributed by atoms with van der Waals surface area (Å²) in [7, 11) is 0. The van der Waals surface area contributed by atoms with E-state index in [2.05, 4.69) is 49.5 Å². The van der Waals surface area contributed by atoms with E-state index in [4.69, 9.17) is 0 Å². The molecule has 3 nitrogen and oxygen atoms in total. The summed E-state index contributed by atoms with van der Waals surface area (Å²) in [5.74, 6) is 0.227. The Hall–Kier alpha value is -2.29. The second-order valence-electron chi connectivity index (χ2n) is 6.22. The number of carbonyl (C=O) groups is 1. The molecular formula is C20H24N2O. The molecule has 0 radical (unpaired) electrons. The molecule has 0 aliphatic carbocycles. The minimum atomic E-state index is 0.199. The van der Waals surface area contributed by atoms with Gasteiger partial charge in [-0.2, -0.15) is 0 Å². The number of fused-ring (bicyclic) bond motifs is 1. The monoisotopic (exact) mass is 308 g/mol. The second-order valence-corrected chi connectivity index (χ2v) is 6.22. The van der Waals surface area contributed by atoms with Gasteiger partial charge in [0, 0.05) is 23.8 Å². The first kappa shape index (κ1) is 15.6. The maximum atomic E-state index is 12.5. The van der Waals surface area contributed by atoms with Crippen LogP contribution in [-0.4, -0.2) is 11.9 Å². The van der Waals surface area contributed by atoms with Crippen LogP contribution in [0.1, 0.15) is 44.7 Å². The minimum absolute atomic E-state index is 0.199. The maximum absolute atomic E-state index is 12.5. The first-order valence-electron chi connectivity index (χ1n) is 8.43. The third-order valence-corrected chi connectivity index (χ3v) is 4.44. The quantitative estimate of drug-likeness (QED) is 0.882. The molecule has 3 rings (SSSR count). The number of nitrogens with zero attached hydrogens (tertiary/aromatic N) is 1. The molecule has 2 atom stereocenters. The van der Waals surface area contributed by atoms with Gasteiger partial charge in [-0.15, -0.1) is 0 Å². The average Bonchev–Trinajstić information content (AvgIpc) is 2.56. The number of para-hydroxylation sites is 2. The Morgan fingerprint density at radius 1 is 1.13 bits per heavy atom. The highest BCUT2D eigenvalue weighted by molar-refractivity contribution is 5.95. The Morgan fingerprint density at radius 2 is 1.83 bits per heavy atom. The van der Waals surface area contributed by atoms with Gasteiger partial charge in [-0.3, -0.25) is 4.79 Å². The average molecular weight is 308 g/mol. The van der Waals surface area contributed by atoms with Crippen LogP contribution in [-0.2, 0) is 4.79 Å². The van der Waals surface area contributed by atoms with Gasteiger partial charge in [-0.05, 0) is 43.5 Å². The van der Waals surface area contributed by atoms with E-state index in [9.17, 15) is 4.79 Å². The summed E-state index contributed by atoms with van der Waals surface area (Å²) in [6, 6.07) is 19.0. The largest absolute Gasteiger partial charge is 0.378 e. The smallest absolute Gasteiger partial charge is 0.227 e. The van der Waals surface area contributed by atoms with Crippen LogP contribution in [0.5, 0.6) is 0 Å². The van der Waals surface area contributed by atoms with Crippen molar-refractivity contribution in [3.05, 3.63) is 60.2 Å². The summed E-state index contributed by atoms with van der Waals surface area (Å²) < 4.78 is 0. The van der Waals surface area contributed by atoms with E-state index >= 15 is 0 Å². The Bertz CT molecular complexity index is 668. The second kappa shape index (κ2) is 6.86. The Labute approximate surface area is 138 Å². The van der Waals surface area contributed by atoms with Crippen molar-refractivity contribution >= 4 is 17.3 Å². The molecule has 2 aromatic rings. The predicted octanol–water partition coefficient (Wildman–Crippen LogP) is 4.77. The van der Waals surface area contributed by atoms with Crippen LogP contribution in [0.3, 0.4) is 0 Å². The minimum Gasteiger partial charge on any atom is -0.378 e. The number of hydrogen-bond donors (Lipinski definition) is 1. The van der Waals surface area contributed by atoms with E-state index < -0.39 is 0 Å². The molecule has 1 aliphatic heterocycles. The topological polar surface area (TPSA) is 32.3 Å². The molecule has 0 fully saturated rings. The highest BCUT2D eigenvalue weighted by atomic mass is 16.2. The van der Waals surface area contributed by atoms with Crippen molar-refractivity contribution in [2.24, 2.45) is 0 Å². The van der Waals surface area contributed by atoms with E-state index in [1.54, 1.807) is 0 Å². The standard InChI is InChI=1S/C20H24N2O/c1-3-9-20(23)22-15(2)14-18(17-12-7-8-13-19(17)22)21-16-10-5-4-6-11-16/h4-8,10-13,15,18,21H,3,9,14H2,1-2H3/t15-,18-/m1/s1. The van der Waals surface area contributed by atoms with Gasteiger partial charge in [0.05, 0.1) is 6.04 Å². The van der Waals surface area contributed by atoms with Crippen LogP contribution in [0.4, 0.5) is 11.4 Å². The molecule has 0 saturated carbocycles. The number of nitrogens with one attached hydrogen (secondary N) is 1. The van der Waals surface area contributed by atoms with Gasteiger partial charge in [-0.25, -0.2) is 0 Å². The zero-order chi connectivity index (χ0) is 16.2. The molecular weight excluding hydrogens is 284 g/mol. The predicted molar refractivity (Wildman–Crippen MR) is 95.7 cm³/mol. The summed E-state index contributed by atoms with van der Waals surface area (Å²) in [6.45, 7) is 4.20. The van der Waals surface area contributed by atoms with Crippen LogP contribution in [0.15, 0.2) is 54.6 Å². The SMILES string of the molecule is CCCC(=O)N1c2ccccc2[C@H](Nc2ccccc2)C[C@H]1C. The Kier molecular flexibility index (Phi) is 4.65. The number of benzene rings is 2. The first-order valence-corrected chi connectivity index (χ1v) is 8.43. The van der Waals surface area contributed by atoms with Crippen molar-refractivity contribution in [3.8, 4) is 0 Å². The zero-order valence-electron chi connectivity index (χ0n) is 13.8. The molecule has 23 heavy (non-hydrogen) atoms. The van der Waals surface area contributed by atoms with Gasteiger partial charge in [0.2, 0.25) is 5.91 Å². The molecule has 1 heterocycles. The van der Waals surface area contributed by atoms with Crippen LogP contribution in [0, 0.1) is 0 Å². The lowest BCUT2D eigenvalue weighted by atomic mass is 9.91. The van der Waals surface area contributed by atoms with Crippen LogP contribution >= 0.6 is 0 Å². The molecule has 0 unspecified atom stereocenters. The van der Waals surface area contributed by atoms with Gasteiger partial charge in [-0.1, -0.05) is 43.3 Å². The fourth-order valence-corrected chi connectivity index (χ4v) is 3.40. The van der Waals surface area contributed by atoms with Gasteiger partial charge >= 0.3 is 0 Å². The molecule has 3 heteroatoms. The number of hydrogen-bond acceptors (Lipinski definition) is 2. The summed E-state index contributed by atoms with van der Waals surface area (Å²) in [6.07, 6.45) is 2.41. The van der Waals surface area contributed by atoms with Crippen molar-refractivity contribution in [1.82, 2.24) is 0 Å². The molecule has 1 N–H and O–H groups in total. The highest BCUT2D eigenvalue weighted by Gasteiger charge is 2.32. The zero-order valence-corrected chi connectivity index (χ0v) is 13.8. The third kappa shape index (κ3) is 3.24. The third-order valence-electron chi connectivity index (χ3n) is 4.44. The van der Waals surface area contributed by atoms with Crippen LogP contribution in [0.25, 0.3) is 0 Å². The van der Waals surface area contributed by atoms with Crippen molar-refractivity contribution in [1.29, 1.82) is 0 Å². The maximum Gasteiger partial charge on any atom is 0.227 e. The summed E-state index contributed by atoms with van der Waals surface area (Å²) >= 11 is 0. The summed E-state index contributed by atoms with van der Waals surface area (Å²) in [5, 5.41) is 3.62. The summed E-state index contributed by atoms with van der Waals surface area (Å²) in [4.78, 5) is 14.5. The van der Waals surface area contributed by atoms with E-state index in [1.807, 2.05) is 29.2 Å². The fourth-order valence-electron chi connectivity index (χ4n) is 3.40. The van der Waals surface area contributed by atoms with Crippen molar-refractivity contribution in [2.75, 3.05) is 10.2 Å². The summed E-state index contributed by atoms with van der Waals surface area (Å²) in [5.41, 5.74) is 3.38. The van der Waals surface area contributed by atoms with Crippen LogP contribution in [0.2, 0.25) is 0 Å². The molecule has 1 amide bonds. The molecule has 0 saturated heterocycles. The molecule has 120 valence electrons. The number of carbonyl (C=O) groups excluding carboxylic acids is 1. The van der Waals surface area contributed by atoms with Crippen molar-refractivity contribution in [2.45, 2.75) is 45.2 Å². The number of anilines is 2. The number of rotatable bonds is 4. The van der Waals surface area contributed by atoms with Gasteiger partial charge in [0.1, 0.15) is 0 Å². The lowest BCUT2D eigenvalue weighted by molar-refractivity contribution is -0.119. The van der Waals surface area contributed by atoms with Gasteiger partial charge in [0.15, 0.2) is 0 Å². The van der Waals surface area contributed by atoms with E-state index in [0.717, 1.165) is 24.2 Å². The van der Waals surface area contributed by atoms with E-state index in [1.165, 1.54) is 5.56 Å². The normalized spacial score (nSPS) is 20.0.